The molecule has 0 radical (unpaired) electrons. The van der Waals surface area contributed by atoms with Crippen LogP contribution in [0.25, 0.3) is 11.0 Å². The van der Waals surface area contributed by atoms with Gasteiger partial charge in [-0.05, 0) is 18.9 Å². The molecule has 140 valence electrons. The van der Waals surface area contributed by atoms with Gasteiger partial charge in [0.15, 0.2) is 0 Å². The third-order valence-corrected chi connectivity index (χ3v) is 4.53. The van der Waals surface area contributed by atoms with E-state index < -0.39 is 33.6 Å². The van der Waals surface area contributed by atoms with E-state index in [1.807, 2.05) is 4.90 Å². The Kier molecular flexibility index (Phi) is 4.39. The summed E-state index contributed by atoms with van der Waals surface area (Å²) < 4.78 is 39.2. The van der Waals surface area contributed by atoms with Crippen molar-refractivity contribution >= 4 is 22.5 Å². The number of carbonyl (C=O) groups excluding carboxylic acids is 1. The topological polar surface area (TPSA) is 100 Å². The molecule has 10 heteroatoms. The summed E-state index contributed by atoms with van der Waals surface area (Å²) in [4.78, 5) is 13.6. The normalized spacial score (nSPS) is 16.3. The number of nitrogens with zero attached hydrogens (tertiary/aromatic N) is 3. The first kappa shape index (κ1) is 18.2. The molecular weight excluding hydrogens is 353 g/mol. The van der Waals surface area contributed by atoms with Crippen LogP contribution in [0, 0.1) is 10.4 Å². The molecular formula is C16H17F3N4O3. The summed E-state index contributed by atoms with van der Waals surface area (Å²) in [6.07, 6.45) is -3.66. The Morgan fingerprint density at radius 3 is 2.35 bits per heavy atom. The third-order valence-electron chi connectivity index (χ3n) is 4.53. The number of Topliss-reactive ketones (excluding diaryl/α,β-unsaturated/α-hetero) is 1. The van der Waals surface area contributed by atoms with Gasteiger partial charge in [0, 0.05) is 43.9 Å². The summed E-state index contributed by atoms with van der Waals surface area (Å²) in [5.74, 6) is -1.13. The van der Waals surface area contributed by atoms with E-state index >= 15 is 0 Å². The summed E-state index contributed by atoms with van der Waals surface area (Å²) in [6, 6.07) is 4.07. The van der Waals surface area contributed by atoms with Gasteiger partial charge in [-0.15, -0.1) is 4.73 Å². The zero-order chi connectivity index (χ0) is 19.2. The van der Waals surface area contributed by atoms with Crippen LogP contribution in [0.1, 0.15) is 35.9 Å². The predicted octanol–water partition coefficient (Wildman–Crippen LogP) is 1.26. The van der Waals surface area contributed by atoms with E-state index in [1.54, 1.807) is 0 Å². The number of ketones is 1. The van der Waals surface area contributed by atoms with Gasteiger partial charge in [0.25, 0.3) is 11.0 Å². The maximum atomic E-state index is 13.2. The van der Waals surface area contributed by atoms with Gasteiger partial charge >= 0.3 is 17.6 Å². The number of halogens is 3. The Balaban J connectivity index is 2.21. The van der Waals surface area contributed by atoms with Crippen molar-refractivity contribution < 1.29 is 27.4 Å². The number of fused-ring (bicyclic) bond motifs is 1. The fourth-order valence-corrected chi connectivity index (χ4v) is 3.19. The third kappa shape index (κ3) is 3.00. The molecule has 0 unspecified atom stereocenters. The zero-order valence-electron chi connectivity index (χ0n) is 13.9. The first-order valence-corrected chi connectivity index (χ1v) is 8.02. The van der Waals surface area contributed by atoms with Crippen LogP contribution in [0.3, 0.4) is 0 Å². The molecule has 26 heavy (non-hydrogen) atoms. The Bertz CT molecular complexity index is 877. The van der Waals surface area contributed by atoms with Crippen molar-refractivity contribution in [3.63, 3.8) is 0 Å². The minimum atomic E-state index is -5.13. The molecule has 0 spiro atoms. The SMILES string of the molecule is CC(=O)c1c(C(F)(F)F)[n+]([O-])c2ccc(N3CCC(N)CC3)cc2[n+]1[O-]. The van der Waals surface area contributed by atoms with Crippen molar-refractivity contribution in [2.75, 3.05) is 18.0 Å². The van der Waals surface area contributed by atoms with Crippen LogP contribution in [-0.4, -0.2) is 24.9 Å². The Labute approximate surface area is 146 Å². The molecule has 2 N–H and O–H groups in total. The molecule has 1 aliphatic rings. The summed E-state index contributed by atoms with van der Waals surface area (Å²) in [5.41, 5.74) is 2.69. The van der Waals surface area contributed by atoms with Gasteiger partial charge in [-0.25, -0.2) is 0 Å². The Hall–Kier alpha value is -2.62. The molecule has 1 fully saturated rings. The fraction of sp³-hybridized carbons (Fsp3) is 0.438. The lowest BCUT2D eigenvalue weighted by Crippen LogP contribution is -2.50. The van der Waals surface area contributed by atoms with Gasteiger partial charge in [-0.3, -0.25) is 4.79 Å². The highest BCUT2D eigenvalue weighted by molar-refractivity contribution is 5.92. The van der Waals surface area contributed by atoms with Gasteiger partial charge < -0.3 is 21.0 Å². The second kappa shape index (κ2) is 6.27. The highest BCUT2D eigenvalue weighted by Gasteiger charge is 2.50. The first-order valence-electron chi connectivity index (χ1n) is 8.02. The number of piperidine rings is 1. The van der Waals surface area contributed by atoms with E-state index in [9.17, 15) is 28.4 Å². The molecule has 2 heterocycles. The van der Waals surface area contributed by atoms with E-state index in [0.717, 1.165) is 19.8 Å². The van der Waals surface area contributed by atoms with E-state index in [-0.39, 0.29) is 16.3 Å². The van der Waals surface area contributed by atoms with E-state index in [2.05, 4.69) is 0 Å². The lowest BCUT2D eigenvalue weighted by Gasteiger charge is -2.31. The van der Waals surface area contributed by atoms with Crippen LogP contribution in [0.2, 0.25) is 0 Å². The number of hydrogen-bond donors (Lipinski definition) is 1. The summed E-state index contributed by atoms with van der Waals surface area (Å²) >= 11 is 0. The minimum Gasteiger partial charge on any atom is -0.618 e. The van der Waals surface area contributed by atoms with Gasteiger partial charge in [0.05, 0.1) is 0 Å². The second-order valence-corrected chi connectivity index (χ2v) is 6.34. The van der Waals surface area contributed by atoms with Gasteiger partial charge in [-0.1, -0.05) is 0 Å². The summed E-state index contributed by atoms with van der Waals surface area (Å²) in [7, 11) is 0. The molecule has 3 rings (SSSR count). The molecule has 0 atom stereocenters. The van der Waals surface area contributed by atoms with Crippen LogP contribution in [0.15, 0.2) is 18.2 Å². The lowest BCUT2D eigenvalue weighted by molar-refractivity contribution is -0.647. The molecule has 0 aliphatic carbocycles. The van der Waals surface area contributed by atoms with E-state index in [0.29, 0.717) is 18.8 Å². The van der Waals surface area contributed by atoms with Crippen molar-refractivity contribution in [3.8, 4) is 0 Å². The van der Waals surface area contributed by atoms with Crippen molar-refractivity contribution in [1.82, 2.24) is 0 Å². The Morgan fingerprint density at radius 1 is 1.19 bits per heavy atom. The Morgan fingerprint density at radius 2 is 1.81 bits per heavy atom. The average molecular weight is 370 g/mol. The monoisotopic (exact) mass is 370 g/mol. The number of carbonyl (C=O) groups is 1. The van der Waals surface area contributed by atoms with Gasteiger partial charge in [-0.2, -0.15) is 17.9 Å². The summed E-state index contributed by atoms with van der Waals surface area (Å²) in [6.45, 7) is 2.08. The number of alkyl halides is 3. The van der Waals surface area contributed by atoms with Crippen LogP contribution >= 0.6 is 0 Å². The first-order chi connectivity index (χ1) is 12.1. The highest BCUT2D eigenvalue weighted by Crippen LogP contribution is 2.30. The number of rotatable bonds is 2. The molecule has 1 aromatic heterocycles. The second-order valence-electron chi connectivity index (χ2n) is 6.34. The number of anilines is 1. The number of aromatic nitrogens is 2. The number of nitrogens with two attached hydrogens (primary N) is 1. The minimum absolute atomic E-state index is 0.0820. The lowest BCUT2D eigenvalue weighted by atomic mass is 10.1. The van der Waals surface area contributed by atoms with E-state index in [1.165, 1.54) is 18.2 Å². The standard InChI is InChI=1S/C16H17F3N4O3/c1-9(24)14-15(16(17,18)19)23(26)12-3-2-11(8-13(12)22(14)25)21-6-4-10(20)5-7-21/h2-3,8,10H,4-7,20H2,1H3. The largest absolute Gasteiger partial charge is 0.618 e. The molecule has 1 aromatic carbocycles. The number of benzene rings is 1. The fourth-order valence-electron chi connectivity index (χ4n) is 3.19. The molecule has 7 nitrogen and oxygen atoms in total. The quantitative estimate of drug-likeness (QED) is 0.487. The van der Waals surface area contributed by atoms with Crippen molar-refractivity contribution in [2.24, 2.45) is 5.73 Å². The van der Waals surface area contributed by atoms with Crippen molar-refractivity contribution in [3.05, 3.63) is 40.0 Å². The molecule has 0 saturated carbocycles. The van der Waals surface area contributed by atoms with Crippen molar-refractivity contribution in [1.29, 1.82) is 0 Å². The van der Waals surface area contributed by atoms with Gasteiger partial charge in [0.1, 0.15) is 0 Å². The van der Waals surface area contributed by atoms with Crippen LogP contribution in [0.5, 0.6) is 0 Å². The molecule has 0 amide bonds. The molecule has 0 bridgehead atoms. The zero-order valence-corrected chi connectivity index (χ0v) is 13.9. The highest BCUT2D eigenvalue weighted by atomic mass is 19.4. The van der Waals surface area contributed by atoms with Crippen LogP contribution in [0.4, 0.5) is 18.9 Å². The van der Waals surface area contributed by atoms with Crippen LogP contribution < -0.4 is 20.1 Å². The average Bonchev–Trinajstić information content (AvgIpc) is 2.56. The van der Waals surface area contributed by atoms with Crippen molar-refractivity contribution in [2.45, 2.75) is 32.0 Å². The smallest absolute Gasteiger partial charge is 0.486 e. The maximum absolute atomic E-state index is 13.2. The molecule has 2 aromatic rings. The van der Waals surface area contributed by atoms with E-state index in [4.69, 9.17) is 5.73 Å². The maximum Gasteiger partial charge on any atom is 0.486 e. The molecule has 1 saturated heterocycles. The summed E-state index contributed by atoms with van der Waals surface area (Å²) in [5, 5.41) is 24.7. The number of hydrogen-bond acceptors (Lipinski definition) is 5. The predicted molar refractivity (Wildman–Crippen MR) is 86.3 cm³/mol. The van der Waals surface area contributed by atoms with Crippen LogP contribution in [-0.2, 0) is 6.18 Å². The van der Waals surface area contributed by atoms with Gasteiger partial charge in [0.2, 0.25) is 5.78 Å². The molecule has 1 aliphatic heterocycles.